The molecule has 1 aromatic heterocycles. The van der Waals surface area contributed by atoms with Gasteiger partial charge >= 0.3 is 5.97 Å². The minimum absolute atomic E-state index is 0.00176. The number of aromatic nitrogens is 2. The molecule has 0 aliphatic carbocycles. The van der Waals surface area contributed by atoms with Crippen molar-refractivity contribution in [3.63, 3.8) is 0 Å². The number of nitrogens with zero attached hydrogens (tertiary/aromatic N) is 3. The Hall–Kier alpha value is -2.48. The summed E-state index contributed by atoms with van der Waals surface area (Å²) in [4.78, 5) is 20.8. The van der Waals surface area contributed by atoms with E-state index in [0.717, 1.165) is 10.6 Å². The van der Waals surface area contributed by atoms with Gasteiger partial charge in [0.15, 0.2) is 0 Å². The molecule has 1 heterocycles. The average Bonchev–Trinajstić information content (AvgIpc) is 2.53. The standard InChI is InChI=1S/C16H19N3O4S/c1-5-23-15(20)13-11(2)17-16(19(3)24(4,21)22)18-14(13)12-9-7-6-8-10-12/h6-10H,5H2,1-4H3. The third kappa shape index (κ3) is 3.70. The largest absolute Gasteiger partial charge is 0.462 e. The van der Waals surface area contributed by atoms with E-state index in [4.69, 9.17) is 4.74 Å². The van der Waals surface area contributed by atoms with Crippen LogP contribution in [0, 0.1) is 6.92 Å². The molecule has 0 atom stereocenters. The van der Waals surface area contributed by atoms with Crippen LogP contribution in [-0.2, 0) is 14.8 Å². The van der Waals surface area contributed by atoms with Gasteiger partial charge < -0.3 is 4.74 Å². The molecule has 8 heteroatoms. The molecule has 0 unspecified atom stereocenters. The Balaban J connectivity index is 2.71. The normalized spacial score (nSPS) is 11.2. The van der Waals surface area contributed by atoms with Crippen molar-refractivity contribution in [1.29, 1.82) is 0 Å². The molecule has 0 saturated heterocycles. The Morgan fingerprint density at radius 2 is 1.83 bits per heavy atom. The van der Waals surface area contributed by atoms with Crippen molar-refractivity contribution in [2.75, 3.05) is 24.2 Å². The fraction of sp³-hybridized carbons (Fsp3) is 0.312. The van der Waals surface area contributed by atoms with Gasteiger partial charge in [0.25, 0.3) is 0 Å². The molecule has 0 N–H and O–H groups in total. The van der Waals surface area contributed by atoms with Crippen molar-refractivity contribution in [2.24, 2.45) is 0 Å². The van der Waals surface area contributed by atoms with E-state index in [1.807, 2.05) is 18.2 Å². The summed E-state index contributed by atoms with van der Waals surface area (Å²) < 4.78 is 29.6. The monoisotopic (exact) mass is 349 g/mol. The molecule has 128 valence electrons. The van der Waals surface area contributed by atoms with Crippen LogP contribution < -0.4 is 4.31 Å². The van der Waals surface area contributed by atoms with Crippen LogP contribution in [0.1, 0.15) is 23.0 Å². The van der Waals surface area contributed by atoms with Crippen LogP contribution >= 0.6 is 0 Å². The molecule has 1 aromatic carbocycles. The van der Waals surface area contributed by atoms with Crippen LogP contribution in [0.15, 0.2) is 30.3 Å². The van der Waals surface area contributed by atoms with Crippen LogP contribution in [0.4, 0.5) is 5.95 Å². The Morgan fingerprint density at radius 1 is 1.21 bits per heavy atom. The molecular formula is C16H19N3O4S. The predicted octanol–water partition coefficient (Wildman–Crippen LogP) is 2.02. The summed E-state index contributed by atoms with van der Waals surface area (Å²) >= 11 is 0. The lowest BCUT2D eigenvalue weighted by Crippen LogP contribution is -2.28. The highest BCUT2D eigenvalue weighted by Crippen LogP contribution is 2.27. The van der Waals surface area contributed by atoms with Gasteiger partial charge in [0.1, 0.15) is 5.56 Å². The smallest absolute Gasteiger partial charge is 0.342 e. The molecule has 7 nitrogen and oxygen atoms in total. The molecule has 0 amide bonds. The summed E-state index contributed by atoms with van der Waals surface area (Å²) in [7, 11) is -2.16. The highest BCUT2D eigenvalue weighted by Gasteiger charge is 2.24. The molecule has 0 spiro atoms. The van der Waals surface area contributed by atoms with Gasteiger partial charge in [-0.1, -0.05) is 30.3 Å². The van der Waals surface area contributed by atoms with E-state index >= 15 is 0 Å². The molecule has 0 fully saturated rings. The first kappa shape index (κ1) is 17.9. The van der Waals surface area contributed by atoms with Crippen molar-refractivity contribution < 1.29 is 17.9 Å². The molecular weight excluding hydrogens is 330 g/mol. The Kier molecular flexibility index (Phi) is 5.18. The second-order valence-electron chi connectivity index (χ2n) is 5.15. The average molecular weight is 349 g/mol. The number of benzene rings is 1. The van der Waals surface area contributed by atoms with Crippen LogP contribution in [0.5, 0.6) is 0 Å². The van der Waals surface area contributed by atoms with E-state index in [-0.39, 0.29) is 18.1 Å². The summed E-state index contributed by atoms with van der Waals surface area (Å²) in [5.41, 5.74) is 1.60. The first-order chi connectivity index (χ1) is 11.3. The van der Waals surface area contributed by atoms with E-state index in [0.29, 0.717) is 17.0 Å². The van der Waals surface area contributed by atoms with E-state index in [1.54, 1.807) is 26.0 Å². The second kappa shape index (κ2) is 6.96. The Bertz CT molecular complexity index is 851. The van der Waals surface area contributed by atoms with Gasteiger partial charge in [-0.2, -0.15) is 0 Å². The lowest BCUT2D eigenvalue weighted by atomic mass is 10.0. The van der Waals surface area contributed by atoms with Gasteiger partial charge in [0, 0.05) is 12.6 Å². The highest BCUT2D eigenvalue weighted by molar-refractivity contribution is 7.92. The Labute approximate surface area is 141 Å². The van der Waals surface area contributed by atoms with E-state index in [1.165, 1.54) is 7.05 Å². The number of carbonyl (C=O) groups excluding carboxylic acids is 1. The van der Waals surface area contributed by atoms with E-state index in [9.17, 15) is 13.2 Å². The van der Waals surface area contributed by atoms with Gasteiger partial charge in [-0.05, 0) is 13.8 Å². The molecule has 0 bridgehead atoms. The molecule has 0 aliphatic rings. The maximum absolute atomic E-state index is 12.3. The first-order valence-corrected chi connectivity index (χ1v) is 9.15. The van der Waals surface area contributed by atoms with E-state index < -0.39 is 16.0 Å². The number of anilines is 1. The van der Waals surface area contributed by atoms with Crippen molar-refractivity contribution in [3.8, 4) is 11.3 Å². The summed E-state index contributed by atoms with van der Waals surface area (Å²) in [6.07, 6.45) is 1.06. The number of hydrogen-bond acceptors (Lipinski definition) is 6. The number of sulfonamides is 1. The minimum atomic E-state index is -3.52. The highest BCUT2D eigenvalue weighted by atomic mass is 32.2. The molecule has 0 radical (unpaired) electrons. The van der Waals surface area contributed by atoms with E-state index in [2.05, 4.69) is 9.97 Å². The van der Waals surface area contributed by atoms with Crippen LogP contribution in [0.2, 0.25) is 0 Å². The molecule has 2 aromatic rings. The van der Waals surface area contributed by atoms with Crippen LogP contribution in [-0.4, -0.2) is 44.3 Å². The van der Waals surface area contributed by atoms with Crippen molar-refractivity contribution in [3.05, 3.63) is 41.6 Å². The zero-order valence-electron chi connectivity index (χ0n) is 14.0. The predicted molar refractivity (Wildman–Crippen MR) is 91.4 cm³/mol. The fourth-order valence-electron chi connectivity index (χ4n) is 2.10. The fourth-order valence-corrected chi connectivity index (χ4v) is 2.48. The van der Waals surface area contributed by atoms with Crippen molar-refractivity contribution >= 4 is 21.9 Å². The topological polar surface area (TPSA) is 89.5 Å². The minimum Gasteiger partial charge on any atom is -0.462 e. The Morgan fingerprint density at radius 3 is 2.38 bits per heavy atom. The number of aryl methyl sites for hydroxylation is 1. The van der Waals surface area contributed by atoms with Gasteiger partial charge in [-0.25, -0.2) is 27.5 Å². The number of carbonyl (C=O) groups is 1. The van der Waals surface area contributed by atoms with Crippen molar-refractivity contribution in [1.82, 2.24) is 9.97 Å². The van der Waals surface area contributed by atoms with Gasteiger partial charge in [-0.3, -0.25) is 0 Å². The van der Waals surface area contributed by atoms with Gasteiger partial charge in [0.05, 0.1) is 24.3 Å². The molecule has 0 aliphatic heterocycles. The summed E-state index contributed by atoms with van der Waals surface area (Å²) in [5.74, 6) is -0.538. The third-order valence-corrected chi connectivity index (χ3v) is 4.54. The molecule has 24 heavy (non-hydrogen) atoms. The SMILES string of the molecule is CCOC(=O)c1c(C)nc(N(C)S(C)(=O)=O)nc1-c1ccccc1. The van der Waals surface area contributed by atoms with Crippen molar-refractivity contribution in [2.45, 2.75) is 13.8 Å². The maximum Gasteiger partial charge on any atom is 0.342 e. The summed E-state index contributed by atoms with van der Waals surface area (Å²) in [5, 5.41) is 0. The van der Waals surface area contributed by atoms with Gasteiger partial charge in [0.2, 0.25) is 16.0 Å². The van der Waals surface area contributed by atoms with Crippen LogP contribution in [0.25, 0.3) is 11.3 Å². The maximum atomic E-state index is 12.3. The first-order valence-electron chi connectivity index (χ1n) is 7.30. The number of esters is 1. The summed E-state index contributed by atoms with van der Waals surface area (Å²) in [6.45, 7) is 3.56. The summed E-state index contributed by atoms with van der Waals surface area (Å²) in [6, 6.07) is 9.03. The third-order valence-electron chi connectivity index (χ3n) is 3.38. The second-order valence-corrected chi connectivity index (χ2v) is 7.16. The zero-order valence-corrected chi connectivity index (χ0v) is 14.8. The number of rotatable bonds is 5. The quantitative estimate of drug-likeness (QED) is 0.767. The van der Waals surface area contributed by atoms with Gasteiger partial charge in [-0.15, -0.1) is 0 Å². The molecule has 0 saturated carbocycles. The lowest BCUT2D eigenvalue weighted by molar-refractivity contribution is 0.0525. The lowest BCUT2D eigenvalue weighted by Gasteiger charge is -2.18. The number of hydrogen-bond donors (Lipinski definition) is 0. The molecule has 2 rings (SSSR count). The zero-order chi connectivity index (χ0) is 17.9. The number of ether oxygens (including phenoxy) is 1. The van der Waals surface area contributed by atoms with Crippen LogP contribution in [0.3, 0.4) is 0 Å².